The van der Waals surface area contributed by atoms with E-state index in [0.717, 1.165) is 25.1 Å². The van der Waals surface area contributed by atoms with E-state index >= 15 is 0 Å². The molecular weight excluding hydrogens is 276 g/mol. The summed E-state index contributed by atoms with van der Waals surface area (Å²) < 4.78 is 0. The lowest BCUT2D eigenvalue weighted by atomic mass is 9.97. The van der Waals surface area contributed by atoms with E-state index in [4.69, 9.17) is 0 Å². The van der Waals surface area contributed by atoms with Crippen molar-refractivity contribution in [2.24, 2.45) is 5.92 Å². The van der Waals surface area contributed by atoms with E-state index in [-0.39, 0.29) is 6.04 Å². The average molecular weight is 302 g/mol. The summed E-state index contributed by atoms with van der Waals surface area (Å²) in [5.74, 6) is 0.687. The van der Waals surface area contributed by atoms with Crippen molar-refractivity contribution in [3.8, 4) is 0 Å². The van der Waals surface area contributed by atoms with Crippen LogP contribution in [0, 0.1) is 12.8 Å². The Hall–Kier alpha value is -1.19. The van der Waals surface area contributed by atoms with Crippen molar-refractivity contribution in [3.63, 3.8) is 0 Å². The quantitative estimate of drug-likeness (QED) is 0.799. The monoisotopic (exact) mass is 302 g/mol. The molecule has 1 aromatic carbocycles. The van der Waals surface area contributed by atoms with Crippen molar-refractivity contribution >= 4 is 11.3 Å². The third-order valence-electron chi connectivity index (χ3n) is 3.57. The van der Waals surface area contributed by atoms with Crippen LogP contribution in [0.1, 0.15) is 54.9 Å². The molecule has 1 atom stereocenters. The van der Waals surface area contributed by atoms with Gasteiger partial charge in [-0.2, -0.15) is 0 Å². The van der Waals surface area contributed by atoms with Gasteiger partial charge in [0.05, 0.1) is 17.2 Å². The van der Waals surface area contributed by atoms with E-state index in [2.05, 4.69) is 62.3 Å². The highest BCUT2D eigenvalue weighted by Gasteiger charge is 2.18. The minimum absolute atomic E-state index is 0.268. The minimum Gasteiger partial charge on any atom is -0.306 e. The maximum Gasteiger partial charge on any atom is 0.0798 e. The zero-order valence-corrected chi connectivity index (χ0v) is 14.3. The zero-order chi connectivity index (χ0) is 15.2. The summed E-state index contributed by atoms with van der Waals surface area (Å²) in [5.41, 5.74) is 5.87. The van der Waals surface area contributed by atoms with E-state index < -0.39 is 0 Å². The summed E-state index contributed by atoms with van der Waals surface area (Å²) in [5, 5.41) is 3.68. The molecule has 114 valence electrons. The minimum atomic E-state index is 0.268. The first-order valence-electron chi connectivity index (χ1n) is 7.84. The predicted octanol–water partition coefficient (Wildman–Crippen LogP) is 4.74. The number of nitrogens with zero attached hydrogens (tertiary/aromatic N) is 1. The lowest BCUT2D eigenvalue weighted by Gasteiger charge is -2.19. The van der Waals surface area contributed by atoms with Gasteiger partial charge in [-0.3, -0.25) is 0 Å². The smallest absolute Gasteiger partial charge is 0.0798 e. The number of hydrogen-bond acceptors (Lipinski definition) is 3. The molecule has 0 radical (unpaired) electrons. The number of rotatable bonds is 7. The van der Waals surface area contributed by atoms with Gasteiger partial charge >= 0.3 is 0 Å². The highest BCUT2D eigenvalue weighted by atomic mass is 32.1. The van der Waals surface area contributed by atoms with Crippen LogP contribution in [0.15, 0.2) is 29.8 Å². The molecule has 0 bridgehead atoms. The Bertz CT molecular complexity index is 560. The number of aromatic nitrogens is 1. The number of thiazole rings is 1. The Kier molecular flexibility index (Phi) is 5.95. The fourth-order valence-electron chi connectivity index (χ4n) is 2.61. The summed E-state index contributed by atoms with van der Waals surface area (Å²) in [7, 11) is 0. The van der Waals surface area contributed by atoms with Gasteiger partial charge in [0, 0.05) is 4.88 Å². The topological polar surface area (TPSA) is 24.9 Å². The third-order valence-corrected chi connectivity index (χ3v) is 4.57. The Morgan fingerprint density at radius 1 is 1.29 bits per heavy atom. The molecule has 2 nitrogen and oxygen atoms in total. The van der Waals surface area contributed by atoms with Crippen molar-refractivity contribution in [1.82, 2.24) is 10.3 Å². The van der Waals surface area contributed by atoms with E-state index in [1.54, 1.807) is 11.3 Å². The maximum atomic E-state index is 4.42. The lowest BCUT2D eigenvalue weighted by molar-refractivity contribution is 0.600. The van der Waals surface area contributed by atoms with Crippen LogP contribution in [0.3, 0.4) is 0 Å². The van der Waals surface area contributed by atoms with Crippen molar-refractivity contribution in [3.05, 3.63) is 51.5 Å². The Labute approximate surface area is 132 Å². The number of hydrogen-bond donors (Lipinski definition) is 1. The fourth-order valence-corrected chi connectivity index (χ4v) is 3.51. The first kappa shape index (κ1) is 16.2. The van der Waals surface area contributed by atoms with Gasteiger partial charge < -0.3 is 5.32 Å². The fraction of sp³-hybridized carbons (Fsp3) is 0.500. The molecule has 2 rings (SSSR count). The van der Waals surface area contributed by atoms with Crippen LogP contribution in [-0.2, 0) is 6.42 Å². The van der Waals surface area contributed by atoms with E-state index in [9.17, 15) is 0 Å². The molecule has 1 unspecified atom stereocenters. The summed E-state index contributed by atoms with van der Waals surface area (Å²) in [6.07, 6.45) is 2.27. The molecular formula is C18H26N2S. The molecule has 0 spiro atoms. The van der Waals surface area contributed by atoms with Gasteiger partial charge in [0.1, 0.15) is 0 Å². The van der Waals surface area contributed by atoms with Crippen molar-refractivity contribution in [2.75, 3.05) is 6.54 Å². The van der Waals surface area contributed by atoms with Crippen LogP contribution in [-0.4, -0.2) is 11.5 Å². The predicted molar refractivity (Wildman–Crippen MR) is 92.0 cm³/mol. The number of nitrogens with one attached hydrogen (secondary N) is 1. The molecule has 2 aromatic rings. The SMILES string of the molecule is CCCNC(c1cccc(CC(C)C)c1)c1scnc1C. The number of benzene rings is 1. The van der Waals surface area contributed by atoms with E-state index in [1.165, 1.54) is 16.0 Å². The molecule has 0 saturated heterocycles. The molecule has 1 heterocycles. The molecule has 0 aliphatic heterocycles. The van der Waals surface area contributed by atoms with Crippen LogP contribution in [0.4, 0.5) is 0 Å². The summed E-state index contributed by atoms with van der Waals surface area (Å²) in [6.45, 7) is 9.87. The van der Waals surface area contributed by atoms with Gasteiger partial charge in [0.15, 0.2) is 0 Å². The zero-order valence-electron chi connectivity index (χ0n) is 13.5. The molecule has 0 saturated carbocycles. The molecule has 0 amide bonds. The van der Waals surface area contributed by atoms with Crippen LogP contribution >= 0.6 is 11.3 Å². The second-order valence-corrected chi connectivity index (χ2v) is 6.92. The molecule has 0 aliphatic carbocycles. The van der Waals surface area contributed by atoms with Gasteiger partial charge in [0.2, 0.25) is 0 Å². The Morgan fingerprint density at radius 3 is 2.71 bits per heavy atom. The van der Waals surface area contributed by atoms with E-state index in [0.29, 0.717) is 5.92 Å². The molecule has 0 fully saturated rings. The highest BCUT2D eigenvalue weighted by molar-refractivity contribution is 7.09. The summed E-state index contributed by atoms with van der Waals surface area (Å²) in [4.78, 5) is 5.76. The standard InChI is InChI=1S/C18H26N2S/c1-5-9-19-17(18-14(4)20-12-21-18)16-8-6-7-15(11-16)10-13(2)3/h6-8,11-13,17,19H,5,9-10H2,1-4H3. The third kappa shape index (κ3) is 4.39. The van der Waals surface area contributed by atoms with Crippen LogP contribution in [0.5, 0.6) is 0 Å². The molecule has 0 aliphatic rings. The van der Waals surface area contributed by atoms with Crippen molar-refractivity contribution in [1.29, 1.82) is 0 Å². The lowest BCUT2D eigenvalue weighted by Crippen LogP contribution is -2.23. The first-order valence-corrected chi connectivity index (χ1v) is 8.72. The highest BCUT2D eigenvalue weighted by Crippen LogP contribution is 2.28. The molecule has 3 heteroatoms. The van der Waals surface area contributed by atoms with Crippen molar-refractivity contribution < 1.29 is 0 Å². The molecule has 1 N–H and O–H groups in total. The van der Waals surface area contributed by atoms with Gasteiger partial charge in [-0.25, -0.2) is 4.98 Å². The summed E-state index contributed by atoms with van der Waals surface area (Å²) >= 11 is 1.75. The second kappa shape index (κ2) is 7.71. The van der Waals surface area contributed by atoms with Crippen LogP contribution < -0.4 is 5.32 Å². The normalized spacial score (nSPS) is 12.8. The molecule has 1 aromatic heterocycles. The Morgan fingerprint density at radius 2 is 2.10 bits per heavy atom. The first-order chi connectivity index (χ1) is 10.1. The van der Waals surface area contributed by atoms with Crippen LogP contribution in [0.25, 0.3) is 0 Å². The van der Waals surface area contributed by atoms with Gasteiger partial charge in [-0.15, -0.1) is 11.3 Å². The Balaban J connectivity index is 2.30. The summed E-state index contributed by atoms with van der Waals surface area (Å²) in [6, 6.07) is 9.27. The van der Waals surface area contributed by atoms with Crippen LogP contribution in [0.2, 0.25) is 0 Å². The van der Waals surface area contributed by atoms with Gasteiger partial charge in [-0.1, -0.05) is 45.0 Å². The second-order valence-electron chi connectivity index (χ2n) is 6.03. The largest absolute Gasteiger partial charge is 0.306 e. The maximum absolute atomic E-state index is 4.42. The average Bonchev–Trinajstić information content (AvgIpc) is 2.85. The van der Waals surface area contributed by atoms with Gasteiger partial charge in [0.25, 0.3) is 0 Å². The van der Waals surface area contributed by atoms with Crippen molar-refractivity contribution in [2.45, 2.75) is 46.6 Å². The van der Waals surface area contributed by atoms with E-state index in [1.807, 2.05) is 5.51 Å². The van der Waals surface area contributed by atoms with Gasteiger partial charge in [-0.05, 0) is 43.4 Å². The molecule has 21 heavy (non-hydrogen) atoms. The number of aryl methyl sites for hydroxylation is 1.